The molecule has 4 amide bonds. The molecule has 2 aromatic carbocycles. The van der Waals surface area contributed by atoms with Crippen LogP contribution in [0.4, 0.5) is 18.0 Å². The number of rotatable bonds is 12. The monoisotopic (exact) mass is 698 g/mol. The Morgan fingerprint density at radius 1 is 0.958 bits per heavy atom. The molecule has 2 aromatic rings. The fraction of sp³-hybridized carbons (Fsp3) is 0.500. The number of alkyl halides is 3. The van der Waals surface area contributed by atoms with Gasteiger partial charge in [0.1, 0.15) is 11.6 Å². The van der Waals surface area contributed by atoms with Crippen LogP contribution in [0.25, 0.3) is 0 Å². The molecule has 0 bridgehead atoms. The molecule has 1 heterocycles. The molecule has 16 heteroatoms. The molecule has 1 aliphatic heterocycles. The maximum atomic E-state index is 13.6. The van der Waals surface area contributed by atoms with E-state index in [1.165, 1.54) is 24.1 Å². The van der Waals surface area contributed by atoms with Gasteiger partial charge in [-0.2, -0.15) is 13.2 Å². The van der Waals surface area contributed by atoms with Gasteiger partial charge in [0.05, 0.1) is 23.0 Å². The number of ether oxygens (including phenoxy) is 2. The summed E-state index contributed by atoms with van der Waals surface area (Å²) in [6.07, 6.45) is -5.23. The summed E-state index contributed by atoms with van der Waals surface area (Å²) in [4.78, 5) is 52.2. The van der Waals surface area contributed by atoms with Gasteiger partial charge in [0.15, 0.2) is 0 Å². The number of carbonyl (C=O) groups excluding carboxylic acids is 4. The first-order valence-corrected chi connectivity index (χ1v) is 16.7. The van der Waals surface area contributed by atoms with Gasteiger partial charge in [-0.3, -0.25) is 14.4 Å². The number of methoxy groups -OCH3 is 1. The second-order valence-corrected chi connectivity index (χ2v) is 14.1. The van der Waals surface area contributed by atoms with Crippen molar-refractivity contribution in [1.82, 2.24) is 20.3 Å². The van der Waals surface area contributed by atoms with Crippen LogP contribution in [0.1, 0.15) is 51.7 Å². The van der Waals surface area contributed by atoms with Crippen LogP contribution in [0.5, 0.6) is 0 Å². The predicted molar refractivity (Wildman–Crippen MR) is 168 cm³/mol. The molecule has 0 unspecified atom stereocenters. The molecule has 3 N–H and O–H groups in total. The number of nitrogens with one attached hydrogen (secondary N) is 3. The fourth-order valence-corrected chi connectivity index (χ4v) is 6.24. The lowest BCUT2D eigenvalue weighted by Crippen LogP contribution is -2.54. The minimum atomic E-state index is -5.07. The molecule has 264 valence electrons. The van der Waals surface area contributed by atoms with Crippen molar-refractivity contribution in [2.24, 2.45) is 5.92 Å². The predicted octanol–water partition coefficient (Wildman–Crippen LogP) is 3.45. The van der Waals surface area contributed by atoms with Crippen LogP contribution in [0.15, 0.2) is 59.5 Å². The number of likely N-dealkylation sites (tertiary alicyclic amines) is 1. The number of amides is 4. The zero-order valence-electron chi connectivity index (χ0n) is 27.3. The summed E-state index contributed by atoms with van der Waals surface area (Å²) in [6, 6.07) is 11.3. The molecule has 0 aromatic heterocycles. The van der Waals surface area contributed by atoms with Gasteiger partial charge in [0.2, 0.25) is 5.91 Å². The first kappa shape index (κ1) is 38.3. The Morgan fingerprint density at radius 3 is 2.15 bits per heavy atom. The first-order valence-electron chi connectivity index (χ1n) is 15.2. The highest BCUT2D eigenvalue weighted by Gasteiger charge is 2.42. The lowest BCUT2D eigenvalue weighted by molar-refractivity contribution is -0.173. The molecular weight excluding hydrogens is 657 g/mol. The van der Waals surface area contributed by atoms with Crippen LogP contribution in [0.2, 0.25) is 0 Å². The van der Waals surface area contributed by atoms with E-state index in [1.807, 2.05) is 4.72 Å². The number of sulfonamides is 1. The minimum Gasteiger partial charge on any atom is -0.444 e. The summed E-state index contributed by atoms with van der Waals surface area (Å²) in [7, 11) is -3.08. The number of nitrogens with zero attached hydrogens (tertiary/aromatic N) is 1. The van der Waals surface area contributed by atoms with Gasteiger partial charge in [0.25, 0.3) is 15.9 Å². The summed E-state index contributed by atoms with van der Waals surface area (Å²) in [6.45, 7) is 6.73. The van der Waals surface area contributed by atoms with Crippen molar-refractivity contribution < 1.29 is 50.2 Å². The lowest BCUT2D eigenvalue weighted by atomic mass is 9.94. The Hall–Kier alpha value is -4.18. The molecule has 0 aliphatic carbocycles. The average molecular weight is 699 g/mol. The minimum absolute atomic E-state index is 0.0659. The zero-order chi connectivity index (χ0) is 35.9. The normalized spacial score (nSPS) is 17.2. The van der Waals surface area contributed by atoms with Crippen LogP contribution >= 0.6 is 0 Å². The van der Waals surface area contributed by atoms with Gasteiger partial charge in [0, 0.05) is 26.6 Å². The number of hydrogen-bond acceptors (Lipinski definition) is 8. The smallest absolute Gasteiger partial charge is 0.444 e. The van der Waals surface area contributed by atoms with Gasteiger partial charge in [-0.25, -0.2) is 17.9 Å². The van der Waals surface area contributed by atoms with Crippen LogP contribution in [-0.2, 0) is 46.8 Å². The van der Waals surface area contributed by atoms with E-state index in [2.05, 4.69) is 5.32 Å². The number of hydrogen-bond donors (Lipinski definition) is 3. The Balaban J connectivity index is 1.76. The van der Waals surface area contributed by atoms with Crippen LogP contribution in [0, 0.1) is 5.92 Å². The van der Waals surface area contributed by atoms with Crippen molar-refractivity contribution in [3.8, 4) is 0 Å². The Bertz CT molecular complexity index is 1550. The molecule has 1 saturated heterocycles. The average Bonchev–Trinajstić information content (AvgIpc) is 3.49. The van der Waals surface area contributed by atoms with Crippen molar-refractivity contribution in [3.63, 3.8) is 0 Å². The van der Waals surface area contributed by atoms with E-state index in [0.717, 1.165) is 12.1 Å². The van der Waals surface area contributed by atoms with Crippen molar-refractivity contribution in [1.29, 1.82) is 0 Å². The molecule has 48 heavy (non-hydrogen) atoms. The summed E-state index contributed by atoms with van der Waals surface area (Å²) in [5.41, 5.74) is 0.0782. The second kappa shape index (κ2) is 15.8. The Labute approximate surface area is 277 Å². The van der Waals surface area contributed by atoms with E-state index in [-0.39, 0.29) is 16.9 Å². The van der Waals surface area contributed by atoms with Gasteiger partial charge >= 0.3 is 18.2 Å². The number of halogens is 3. The molecule has 1 fully saturated rings. The molecule has 0 saturated carbocycles. The zero-order valence-corrected chi connectivity index (χ0v) is 28.1. The van der Waals surface area contributed by atoms with E-state index in [0.29, 0.717) is 24.9 Å². The van der Waals surface area contributed by atoms with E-state index < -0.39 is 76.3 Å². The fourth-order valence-electron chi connectivity index (χ4n) is 5.22. The highest BCUT2D eigenvalue weighted by Crippen LogP contribution is 2.28. The van der Waals surface area contributed by atoms with Crippen molar-refractivity contribution in [2.45, 2.75) is 88.4 Å². The largest absolute Gasteiger partial charge is 0.471 e. The molecule has 1 aliphatic rings. The Morgan fingerprint density at radius 2 is 1.58 bits per heavy atom. The quantitative estimate of drug-likeness (QED) is 0.304. The van der Waals surface area contributed by atoms with E-state index in [9.17, 15) is 40.8 Å². The third kappa shape index (κ3) is 10.7. The highest BCUT2D eigenvalue weighted by atomic mass is 32.2. The maximum absolute atomic E-state index is 13.6. The Kier molecular flexibility index (Phi) is 12.6. The van der Waals surface area contributed by atoms with E-state index in [1.54, 1.807) is 63.3 Å². The van der Waals surface area contributed by atoms with Crippen molar-refractivity contribution in [2.75, 3.05) is 13.7 Å². The third-order valence-electron chi connectivity index (χ3n) is 7.58. The van der Waals surface area contributed by atoms with Gasteiger partial charge in [-0.05, 0) is 56.9 Å². The van der Waals surface area contributed by atoms with E-state index in [4.69, 9.17) is 9.47 Å². The maximum Gasteiger partial charge on any atom is 0.471 e. The number of carbonyl (C=O) groups is 4. The highest BCUT2D eigenvalue weighted by molar-refractivity contribution is 7.90. The van der Waals surface area contributed by atoms with Gasteiger partial charge in [-0.15, -0.1) is 0 Å². The second-order valence-electron chi connectivity index (χ2n) is 12.4. The van der Waals surface area contributed by atoms with Gasteiger partial charge < -0.3 is 25.0 Å². The van der Waals surface area contributed by atoms with E-state index >= 15 is 0 Å². The van der Waals surface area contributed by atoms with Crippen LogP contribution in [-0.4, -0.2) is 80.8 Å². The van der Waals surface area contributed by atoms with Crippen LogP contribution < -0.4 is 15.4 Å². The summed E-state index contributed by atoms with van der Waals surface area (Å²) in [5.74, 6) is -4.67. The summed E-state index contributed by atoms with van der Waals surface area (Å²) < 4.78 is 76.8. The van der Waals surface area contributed by atoms with Crippen molar-refractivity contribution >= 4 is 33.8 Å². The first-order chi connectivity index (χ1) is 22.3. The van der Waals surface area contributed by atoms with Crippen molar-refractivity contribution in [3.05, 3.63) is 65.7 Å². The summed E-state index contributed by atoms with van der Waals surface area (Å²) in [5, 5.41) is 4.33. The molecule has 12 nitrogen and oxygen atoms in total. The molecule has 0 spiro atoms. The molecular formula is C32H41F3N4O8S. The van der Waals surface area contributed by atoms with Crippen LogP contribution in [0.3, 0.4) is 0 Å². The lowest BCUT2D eigenvalue weighted by Gasteiger charge is -2.35. The third-order valence-corrected chi connectivity index (χ3v) is 8.94. The molecule has 4 atom stereocenters. The molecule has 0 radical (unpaired) electrons. The summed E-state index contributed by atoms with van der Waals surface area (Å²) >= 11 is 0. The topological polar surface area (TPSA) is 160 Å². The standard InChI is InChI=1S/C32H41F3N4O8S/c1-20(26(46-5)25-12-9-17-39(25)30(43)47-31(2,3)4)27(40)37-24(18-21-10-7-6-8-11-21)28(41)38-48(44,45)23-15-13-22(14-16-23)19-36-29(42)32(33,34)35/h6-8,10-11,13-16,20,24-26H,9,12,17-19H2,1-5H3,(H,36,42)(H,37,40)(H,38,41)/t20-,24+,25+,26-/m1/s1. The molecule has 3 rings (SSSR count). The van der Waals surface area contributed by atoms with Gasteiger partial charge in [-0.1, -0.05) is 49.4 Å². The number of benzene rings is 2. The SMILES string of the molecule is CO[C@H]([C@@H](C)C(=O)N[C@@H](Cc1ccccc1)C(=O)NS(=O)(=O)c1ccc(CNC(=O)C(F)(F)F)cc1)[C@@H]1CCCN1C(=O)OC(C)(C)C.